The normalized spacial score (nSPS) is 11.6. The summed E-state index contributed by atoms with van der Waals surface area (Å²) in [6, 6.07) is 3.88. The Hall–Kier alpha value is -1.59. The van der Waals surface area contributed by atoms with Gasteiger partial charge in [-0.3, -0.25) is 16.5 Å². The number of nitrogens with two attached hydrogens (primary N) is 2. The highest BCUT2D eigenvalue weighted by Gasteiger charge is 2.26. The highest BCUT2D eigenvalue weighted by atomic mass is 16.4. The van der Waals surface area contributed by atoms with Crippen molar-refractivity contribution < 1.29 is 15.0 Å². The molecule has 0 heterocycles. The van der Waals surface area contributed by atoms with Gasteiger partial charge in [0.2, 0.25) is 0 Å². The van der Waals surface area contributed by atoms with Gasteiger partial charge < -0.3 is 10.2 Å². The van der Waals surface area contributed by atoms with Crippen LogP contribution < -0.4 is 11.7 Å². The van der Waals surface area contributed by atoms with E-state index in [9.17, 15) is 9.90 Å². The maximum absolute atomic E-state index is 10.8. The Morgan fingerprint density at radius 2 is 1.36 bits per heavy atom. The zero-order valence-electron chi connectivity index (χ0n) is 14.5. The fraction of sp³-hybridized carbons (Fsp3) is 0.588. The van der Waals surface area contributed by atoms with Crippen LogP contribution >= 0.6 is 0 Å². The van der Waals surface area contributed by atoms with Crippen LogP contribution in [0.5, 0.6) is 5.75 Å². The highest BCUT2D eigenvalue weighted by Crippen LogP contribution is 2.39. The fourth-order valence-corrected chi connectivity index (χ4v) is 2.23. The van der Waals surface area contributed by atoms with E-state index in [2.05, 4.69) is 53.2 Å². The number of aromatic hydroxyl groups is 1. The van der Waals surface area contributed by atoms with E-state index in [-0.39, 0.29) is 17.3 Å². The van der Waals surface area contributed by atoms with Crippen molar-refractivity contribution in [1.82, 2.24) is 0 Å². The van der Waals surface area contributed by atoms with E-state index >= 15 is 0 Å². The first-order chi connectivity index (χ1) is 9.93. The van der Waals surface area contributed by atoms with E-state index in [1.807, 2.05) is 12.1 Å². The van der Waals surface area contributed by atoms with E-state index in [0.717, 1.165) is 16.7 Å². The molecule has 6 N–H and O–H groups in total. The molecule has 0 amide bonds. The SMILES string of the molecule is CC(C)(C)c1cc(CCC(=O)O)cc(C(C)(C)C)c1O.NN. The summed E-state index contributed by atoms with van der Waals surface area (Å²) in [7, 11) is 0. The molecule has 0 spiro atoms. The first kappa shape index (κ1) is 20.4. The number of phenols is 1. The summed E-state index contributed by atoms with van der Waals surface area (Å²) < 4.78 is 0. The number of hydrogen-bond donors (Lipinski definition) is 4. The summed E-state index contributed by atoms with van der Waals surface area (Å²) in [6.07, 6.45) is 0.597. The molecular weight excluding hydrogens is 280 g/mol. The van der Waals surface area contributed by atoms with Gasteiger partial charge in [-0.2, -0.15) is 0 Å². The molecule has 0 aliphatic heterocycles. The van der Waals surface area contributed by atoms with Gasteiger partial charge in [0.05, 0.1) is 0 Å². The van der Waals surface area contributed by atoms with E-state index in [1.54, 1.807) is 0 Å². The molecule has 5 heteroatoms. The summed E-state index contributed by atoms with van der Waals surface area (Å²) in [5.41, 5.74) is 2.38. The lowest BCUT2D eigenvalue weighted by molar-refractivity contribution is -0.136. The minimum atomic E-state index is -0.798. The van der Waals surface area contributed by atoms with Crippen LogP contribution in [-0.2, 0) is 22.0 Å². The Bertz CT molecular complexity index is 477. The molecule has 0 atom stereocenters. The number of carbonyl (C=O) groups is 1. The first-order valence-electron chi connectivity index (χ1n) is 7.35. The number of carboxylic acids is 1. The third-order valence-corrected chi connectivity index (χ3v) is 3.41. The third kappa shape index (κ3) is 5.66. The number of benzene rings is 1. The predicted octanol–water partition coefficient (Wildman–Crippen LogP) is 2.82. The monoisotopic (exact) mass is 310 g/mol. The number of rotatable bonds is 3. The largest absolute Gasteiger partial charge is 0.507 e. The molecule has 126 valence electrons. The van der Waals surface area contributed by atoms with Crippen LogP contribution in [0.25, 0.3) is 0 Å². The van der Waals surface area contributed by atoms with Gasteiger partial charge in [-0.05, 0) is 33.9 Å². The molecule has 0 fully saturated rings. The minimum Gasteiger partial charge on any atom is -0.507 e. The molecule has 5 nitrogen and oxygen atoms in total. The number of aliphatic carboxylic acids is 1. The standard InChI is InChI=1S/C17H26O3.H4N2/c1-16(2,3)12-9-11(7-8-14(18)19)10-13(15(12)20)17(4,5)6;1-2/h9-10,20H,7-8H2,1-6H3,(H,18,19);1-2H2. The Labute approximate surface area is 133 Å². The minimum absolute atomic E-state index is 0.109. The van der Waals surface area contributed by atoms with Crippen LogP contribution in [0.15, 0.2) is 12.1 Å². The molecule has 0 bridgehead atoms. The van der Waals surface area contributed by atoms with E-state index in [4.69, 9.17) is 5.11 Å². The highest BCUT2D eigenvalue weighted by molar-refractivity contribution is 5.67. The lowest BCUT2D eigenvalue weighted by Gasteiger charge is -2.28. The van der Waals surface area contributed by atoms with Crippen LogP contribution in [0.4, 0.5) is 0 Å². The van der Waals surface area contributed by atoms with Gasteiger partial charge in [-0.1, -0.05) is 53.7 Å². The molecule has 0 unspecified atom stereocenters. The maximum atomic E-state index is 10.8. The molecule has 0 aromatic heterocycles. The topological polar surface area (TPSA) is 110 Å². The van der Waals surface area contributed by atoms with Crippen molar-refractivity contribution >= 4 is 5.97 Å². The van der Waals surface area contributed by atoms with Crippen LogP contribution in [0, 0.1) is 0 Å². The van der Waals surface area contributed by atoms with Crippen molar-refractivity contribution in [3.05, 3.63) is 28.8 Å². The van der Waals surface area contributed by atoms with Crippen LogP contribution in [0.1, 0.15) is 64.7 Å². The molecule has 0 aliphatic carbocycles. The Balaban J connectivity index is 0.00000211. The Morgan fingerprint density at radius 1 is 1.00 bits per heavy atom. The molecule has 22 heavy (non-hydrogen) atoms. The van der Waals surface area contributed by atoms with Gasteiger partial charge in [0, 0.05) is 6.42 Å². The summed E-state index contributed by atoms with van der Waals surface area (Å²) in [6.45, 7) is 12.3. The second-order valence-corrected chi connectivity index (χ2v) is 7.43. The van der Waals surface area contributed by atoms with Crippen molar-refractivity contribution in [2.45, 2.75) is 65.2 Å². The van der Waals surface area contributed by atoms with E-state index in [1.165, 1.54) is 0 Å². The van der Waals surface area contributed by atoms with Gasteiger partial charge in [-0.25, -0.2) is 0 Å². The van der Waals surface area contributed by atoms with Crippen molar-refractivity contribution in [3.8, 4) is 5.75 Å². The molecule has 0 aliphatic rings. The fourth-order valence-electron chi connectivity index (χ4n) is 2.23. The number of hydrazine groups is 1. The first-order valence-corrected chi connectivity index (χ1v) is 7.35. The molecule has 0 radical (unpaired) electrons. The molecule has 1 rings (SSSR count). The molecular formula is C17H30N2O3. The van der Waals surface area contributed by atoms with Gasteiger partial charge in [0.15, 0.2) is 0 Å². The average Bonchev–Trinajstić information content (AvgIpc) is 2.37. The van der Waals surface area contributed by atoms with Crippen LogP contribution in [-0.4, -0.2) is 16.2 Å². The van der Waals surface area contributed by atoms with Crippen LogP contribution in [0.3, 0.4) is 0 Å². The average molecular weight is 310 g/mol. The van der Waals surface area contributed by atoms with Gasteiger partial charge in [-0.15, -0.1) is 0 Å². The molecule has 1 aromatic carbocycles. The summed E-state index contributed by atoms with van der Waals surface area (Å²) in [4.78, 5) is 10.8. The second kappa shape index (κ2) is 7.61. The molecule has 0 saturated carbocycles. The Morgan fingerprint density at radius 3 is 1.64 bits per heavy atom. The molecule has 0 saturated heterocycles. The summed E-state index contributed by atoms with van der Waals surface area (Å²) in [5, 5.41) is 19.4. The smallest absolute Gasteiger partial charge is 0.303 e. The van der Waals surface area contributed by atoms with Crippen molar-refractivity contribution in [2.75, 3.05) is 0 Å². The lowest BCUT2D eigenvalue weighted by Crippen LogP contribution is -2.18. The number of aryl methyl sites for hydroxylation is 1. The summed E-state index contributed by atoms with van der Waals surface area (Å²) >= 11 is 0. The summed E-state index contributed by atoms with van der Waals surface area (Å²) in [5.74, 6) is 7.54. The van der Waals surface area contributed by atoms with Gasteiger partial charge in [0.1, 0.15) is 5.75 Å². The van der Waals surface area contributed by atoms with Gasteiger partial charge >= 0.3 is 5.97 Å². The second-order valence-electron chi connectivity index (χ2n) is 7.43. The van der Waals surface area contributed by atoms with Crippen molar-refractivity contribution in [2.24, 2.45) is 11.7 Å². The van der Waals surface area contributed by atoms with Crippen LogP contribution in [0.2, 0.25) is 0 Å². The zero-order valence-corrected chi connectivity index (χ0v) is 14.5. The third-order valence-electron chi connectivity index (χ3n) is 3.41. The lowest BCUT2D eigenvalue weighted by atomic mass is 9.78. The predicted molar refractivity (Wildman–Crippen MR) is 89.8 cm³/mol. The van der Waals surface area contributed by atoms with E-state index in [0.29, 0.717) is 12.2 Å². The zero-order chi connectivity index (χ0) is 17.7. The molecule has 1 aromatic rings. The van der Waals surface area contributed by atoms with Crippen molar-refractivity contribution in [1.29, 1.82) is 0 Å². The van der Waals surface area contributed by atoms with E-state index < -0.39 is 5.97 Å². The number of phenolic OH excluding ortho intramolecular Hbond substituents is 1. The van der Waals surface area contributed by atoms with Crippen molar-refractivity contribution in [3.63, 3.8) is 0 Å². The number of hydrogen-bond acceptors (Lipinski definition) is 4. The Kier molecular flexibility index (Phi) is 7.06. The maximum Gasteiger partial charge on any atom is 0.303 e. The van der Waals surface area contributed by atoms with Gasteiger partial charge in [0.25, 0.3) is 0 Å². The quantitative estimate of drug-likeness (QED) is 0.507. The number of carboxylic acid groups (broad SMARTS) is 1.